The van der Waals surface area contributed by atoms with E-state index in [1.54, 1.807) is 18.2 Å². The van der Waals surface area contributed by atoms with Gasteiger partial charge in [0.1, 0.15) is 5.56 Å². The number of fused-ring (bicyclic) bond motifs is 5. The summed E-state index contributed by atoms with van der Waals surface area (Å²) < 4.78 is 47.3. The fourth-order valence-corrected chi connectivity index (χ4v) is 5.76. The molecule has 7 aromatic rings. The molecule has 170 valence electrons. The van der Waals surface area contributed by atoms with E-state index in [1.807, 2.05) is 42.8 Å². The fraction of sp³-hybridized carbons (Fsp3) is 0.103. The summed E-state index contributed by atoms with van der Waals surface area (Å²) >= 11 is 0. The highest BCUT2D eigenvalue weighted by atomic mass is 19.4. The van der Waals surface area contributed by atoms with Crippen molar-refractivity contribution >= 4 is 48.9 Å². The highest BCUT2D eigenvalue weighted by Crippen LogP contribution is 2.44. The summed E-state index contributed by atoms with van der Waals surface area (Å²) in [5.74, 6) is 0. The predicted molar refractivity (Wildman–Crippen MR) is 133 cm³/mol. The molecule has 0 saturated carbocycles. The van der Waals surface area contributed by atoms with Crippen LogP contribution in [-0.4, -0.2) is 9.38 Å². The van der Waals surface area contributed by atoms with Crippen LogP contribution in [0, 0.1) is 6.92 Å². The Balaban J connectivity index is 1.75. The number of hydrogen-bond acceptors (Lipinski definition) is 1. The van der Waals surface area contributed by atoms with E-state index in [4.69, 9.17) is 0 Å². The van der Waals surface area contributed by atoms with Gasteiger partial charge in [-0.1, -0.05) is 60.7 Å². The average molecular weight is 466 g/mol. The van der Waals surface area contributed by atoms with E-state index in [1.165, 1.54) is 12.4 Å². The molecule has 0 bridgehead atoms. The number of nitrogens with zero attached hydrogens (tertiary/aromatic N) is 3. The number of para-hydroxylation sites is 2. The summed E-state index contributed by atoms with van der Waals surface area (Å²) in [6.07, 6.45) is -3.05. The van der Waals surface area contributed by atoms with Gasteiger partial charge in [-0.25, -0.2) is 4.57 Å². The topological polar surface area (TPSA) is 21.2 Å². The molecule has 0 radical (unpaired) electrons. The maximum Gasteiger partial charge on any atom is 0.421 e. The zero-order valence-corrected chi connectivity index (χ0v) is 19.0. The Kier molecular flexibility index (Phi) is 3.86. The van der Waals surface area contributed by atoms with Gasteiger partial charge in [-0.2, -0.15) is 13.2 Å². The fourth-order valence-electron chi connectivity index (χ4n) is 5.76. The first-order valence-electron chi connectivity index (χ1n) is 11.4. The molecular weight excluding hydrogens is 447 g/mol. The Morgan fingerprint density at radius 1 is 0.800 bits per heavy atom. The quantitative estimate of drug-likeness (QED) is 0.185. The molecule has 0 atom stereocenters. The van der Waals surface area contributed by atoms with Gasteiger partial charge >= 0.3 is 6.18 Å². The lowest BCUT2D eigenvalue weighted by atomic mass is 9.97. The molecule has 35 heavy (non-hydrogen) atoms. The lowest BCUT2D eigenvalue weighted by molar-refractivity contribution is -0.662. The van der Waals surface area contributed by atoms with Crippen molar-refractivity contribution < 1.29 is 17.7 Å². The molecule has 0 aliphatic carbocycles. The summed E-state index contributed by atoms with van der Waals surface area (Å²) in [5, 5.41) is 4.53. The Morgan fingerprint density at radius 3 is 2.29 bits per heavy atom. The molecule has 0 spiro atoms. The van der Waals surface area contributed by atoms with E-state index in [9.17, 15) is 13.2 Å². The number of rotatable bonds is 1. The molecule has 0 unspecified atom stereocenters. The van der Waals surface area contributed by atoms with Gasteiger partial charge in [-0.05, 0) is 40.4 Å². The van der Waals surface area contributed by atoms with E-state index in [0.717, 1.165) is 38.4 Å². The predicted octanol–water partition coefficient (Wildman–Crippen LogP) is 7.20. The third kappa shape index (κ3) is 2.56. The van der Waals surface area contributed by atoms with Gasteiger partial charge < -0.3 is 4.40 Å². The third-order valence-electron chi connectivity index (χ3n) is 7.18. The summed E-state index contributed by atoms with van der Waals surface area (Å²) in [6, 6.07) is 22.9. The molecule has 0 amide bonds. The van der Waals surface area contributed by atoms with Gasteiger partial charge in [0.15, 0.2) is 11.2 Å². The van der Waals surface area contributed by atoms with Gasteiger partial charge in [0, 0.05) is 16.2 Å². The normalized spacial score (nSPS) is 12.7. The molecule has 0 aliphatic rings. The first kappa shape index (κ1) is 20.2. The molecule has 3 heterocycles. The second kappa shape index (κ2) is 6.69. The molecule has 3 aromatic heterocycles. The molecule has 6 heteroatoms. The van der Waals surface area contributed by atoms with Crippen LogP contribution in [0.4, 0.5) is 13.2 Å². The van der Waals surface area contributed by atoms with Crippen molar-refractivity contribution in [2.75, 3.05) is 0 Å². The lowest BCUT2D eigenvalue weighted by Crippen LogP contribution is -2.32. The Bertz CT molecular complexity index is 1960. The van der Waals surface area contributed by atoms with Crippen LogP contribution in [0.5, 0.6) is 0 Å². The highest BCUT2D eigenvalue weighted by Gasteiger charge is 2.39. The van der Waals surface area contributed by atoms with Gasteiger partial charge in [0.2, 0.25) is 0 Å². The highest BCUT2D eigenvalue weighted by molar-refractivity contribution is 6.18. The SMILES string of the molecule is Cc1c(-c2c3cc4ccccc4c(C(F)(F)F)c3nc[n+]2C)n2c3ccccc3c3cccc1c32. The number of benzene rings is 4. The van der Waals surface area contributed by atoms with Gasteiger partial charge in [-0.15, -0.1) is 0 Å². The van der Waals surface area contributed by atoms with Crippen molar-refractivity contribution in [2.45, 2.75) is 13.1 Å². The molecule has 7 rings (SSSR count). The van der Waals surface area contributed by atoms with Crippen molar-refractivity contribution in [1.82, 2.24) is 9.38 Å². The largest absolute Gasteiger partial charge is 0.421 e. The monoisotopic (exact) mass is 466 g/mol. The summed E-state index contributed by atoms with van der Waals surface area (Å²) in [5.41, 5.74) is 4.02. The van der Waals surface area contributed by atoms with Crippen molar-refractivity contribution in [3.05, 3.63) is 90.3 Å². The first-order chi connectivity index (χ1) is 16.9. The molecule has 0 aliphatic heterocycles. The lowest BCUT2D eigenvalue weighted by Gasteiger charge is -2.14. The van der Waals surface area contributed by atoms with Crippen molar-refractivity contribution in [3.63, 3.8) is 0 Å². The van der Waals surface area contributed by atoms with Gasteiger partial charge in [0.05, 0.1) is 29.2 Å². The number of hydrogen-bond donors (Lipinski definition) is 0. The standard InChI is InChI=1S/C29H19F3N3/c1-16-18-11-7-12-21-20-10-5-6-13-23(20)35(27(18)21)26(16)28-22-14-17-8-3-4-9-19(17)24(29(30,31)32)25(22)33-15-34(28)2/h3-15H,1-2H3/q+1. The van der Waals surface area contributed by atoms with E-state index in [0.29, 0.717) is 16.5 Å². The van der Waals surface area contributed by atoms with Crippen LogP contribution in [0.2, 0.25) is 0 Å². The maximum absolute atomic E-state index is 14.4. The molecular formula is C29H19F3N3+. The summed E-state index contributed by atoms with van der Waals surface area (Å²) in [4.78, 5) is 4.31. The van der Waals surface area contributed by atoms with E-state index in [2.05, 4.69) is 33.7 Å². The van der Waals surface area contributed by atoms with Crippen LogP contribution in [0.1, 0.15) is 11.1 Å². The molecule has 3 nitrogen and oxygen atoms in total. The zero-order valence-electron chi connectivity index (χ0n) is 19.0. The number of aromatic nitrogens is 3. The average Bonchev–Trinajstić information content (AvgIpc) is 3.33. The van der Waals surface area contributed by atoms with Crippen molar-refractivity contribution in [3.8, 4) is 11.4 Å². The smallest absolute Gasteiger partial charge is 0.304 e. The van der Waals surface area contributed by atoms with Gasteiger partial charge in [-0.3, -0.25) is 0 Å². The second-order valence-electron chi connectivity index (χ2n) is 9.10. The number of alkyl halides is 3. The van der Waals surface area contributed by atoms with E-state index < -0.39 is 11.7 Å². The van der Waals surface area contributed by atoms with Crippen LogP contribution in [-0.2, 0) is 13.2 Å². The number of halogens is 3. The van der Waals surface area contributed by atoms with Gasteiger partial charge in [0.25, 0.3) is 6.33 Å². The second-order valence-corrected chi connectivity index (χ2v) is 9.10. The van der Waals surface area contributed by atoms with E-state index >= 15 is 0 Å². The molecule has 0 N–H and O–H groups in total. The first-order valence-corrected chi connectivity index (χ1v) is 11.4. The van der Waals surface area contributed by atoms with Crippen LogP contribution < -0.4 is 4.57 Å². The van der Waals surface area contributed by atoms with Crippen LogP contribution in [0.3, 0.4) is 0 Å². The Labute approximate surface area is 198 Å². The summed E-state index contributed by atoms with van der Waals surface area (Å²) in [7, 11) is 1.84. The Hall–Kier alpha value is -4.19. The molecule has 0 saturated heterocycles. The van der Waals surface area contributed by atoms with Crippen molar-refractivity contribution in [1.29, 1.82) is 0 Å². The minimum absolute atomic E-state index is 0.0340. The maximum atomic E-state index is 14.4. The van der Waals surface area contributed by atoms with Crippen molar-refractivity contribution in [2.24, 2.45) is 7.05 Å². The summed E-state index contributed by atoms with van der Waals surface area (Å²) in [6.45, 7) is 2.05. The number of aryl methyl sites for hydroxylation is 2. The van der Waals surface area contributed by atoms with Crippen LogP contribution in [0.15, 0.2) is 79.1 Å². The minimum Gasteiger partial charge on any atom is -0.304 e. The van der Waals surface area contributed by atoms with E-state index in [-0.39, 0.29) is 10.9 Å². The van der Waals surface area contributed by atoms with Crippen LogP contribution >= 0.6 is 0 Å². The Morgan fingerprint density at radius 2 is 1.49 bits per heavy atom. The minimum atomic E-state index is -4.54. The zero-order chi connectivity index (χ0) is 24.1. The molecule has 0 fully saturated rings. The van der Waals surface area contributed by atoms with Crippen LogP contribution in [0.25, 0.3) is 60.3 Å². The molecule has 4 aromatic carbocycles. The third-order valence-corrected chi connectivity index (χ3v) is 7.18.